The van der Waals surface area contributed by atoms with E-state index in [1.165, 1.54) is 17.3 Å². The van der Waals surface area contributed by atoms with Gasteiger partial charge in [0.05, 0.1) is 5.75 Å². The highest BCUT2D eigenvalue weighted by Crippen LogP contribution is 2.28. The lowest BCUT2D eigenvalue weighted by molar-refractivity contribution is -0.113. The van der Waals surface area contributed by atoms with Crippen LogP contribution in [0.4, 0.5) is 6.01 Å². The molecule has 2 aromatic rings. The molecule has 0 saturated carbocycles. The van der Waals surface area contributed by atoms with E-state index in [0.29, 0.717) is 24.2 Å². The Hall–Kier alpha value is -1.86. The molecule has 1 aliphatic heterocycles. The van der Waals surface area contributed by atoms with Crippen LogP contribution >= 0.6 is 11.8 Å². The lowest BCUT2D eigenvalue weighted by atomic mass is 10.0. The van der Waals surface area contributed by atoms with Crippen molar-refractivity contribution in [2.45, 2.75) is 43.6 Å². The van der Waals surface area contributed by atoms with Gasteiger partial charge < -0.3 is 9.15 Å². The molecule has 3 rings (SSSR count). The monoisotopic (exact) mass is 347 g/mol. The van der Waals surface area contributed by atoms with E-state index in [0.717, 1.165) is 17.7 Å². The van der Waals surface area contributed by atoms with Crippen LogP contribution in [-0.4, -0.2) is 28.5 Å². The van der Waals surface area contributed by atoms with Crippen molar-refractivity contribution in [2.75, 3.05) is 17.7 Å². The summed E-state index contributed by atoms with van der Waals surface area (Å²) >= 11 is 1.47. The third-order valence-electron chi connectivity index (χ3n) is 3.81. The normalized spacial score (nSPS) is 17.4. The van der Waals surface area contributed by atoms with Gasteiger partial charge in [-0.1, -0.05) is 31.1 Å². The fraction of sp³-hybridized carbons (Fsp3) is 0.471. The minimum Gasteiger partial charge on any atom is -0.405 e. The molecule has 1 fully saturated rings. The molecule has 1 aliphatic rings. The summed E-state index contributed by atoms with van der Waals surface area (Å²) in [4.78, 5) is 13.1. The SMILES string of the molecule is CC(C)c1ccc(SCC(=O)Nc2nnc(C3CCCO3)o2)cc1. The lowest BCUT2D eigenvalue weighted by Crippen LogP contribution is -2.14. The summed E-state index contributed by atoms with van der Waals surface area (Å²) in [6.07, 6.45) is 1.72. The van der Waals surface area contributed by atoms with E-state index in [2.05, 4.69) is 41.5 Å². The number of thioether (sulfide) groups is 1. The number of benzene rings is 1. The van der Waals surface area contributed by atoms with Gasteiger partial charge in [0, 0.05) is 11.5 Å². The number of hydrogen-bond acceptors (Lipinski definition) is 6. The highest BCUT2D eigenvalue weighted by Gasteiger charge is 2.24. The molecule has 24 heavy (non-hydrogen) atoms. The number of amides is 1. The van der Waals surface area contributed by atoms with E-state index >= 15 is 0 Å². The first-order valence-corrected chi connectivity index (χ1v) is 9.08. The number of nitrogens with zero attached hydrogens (tertiary/aromatic N) is 2. The fourth-order valence-corrected chi connectivity index (χ4v) is 3.14. The molecular formula is C17H21N3O3S. The molecule has 0 aliphatic carbocycles. The van der Waals surface area contributed by atoms with Crippen LogP contribution in [0.2, 0.25) is 0 Å². The quantitative estimate of drug-likeness (QED) is 0.802. The van der Waals surface area contributed by atoms with E-state index in [-0.39, 0.29) is 18.0 Å². The van der Waals surface area contributed by atoms with E-state index < -0.39 is 0 Å². The maximum atomic E-state index is 12.0. The molecule has 0 bridgehead atoms. The summed E-state index contributed by atoms with van der Waals surface area (Å²) in [5, 5.41) is 10.4. The van der Waals surface area contributed by atoms with Crippen LogP contribution in [0.25, 0.3) is 0 Å². The number of aromatic nitrogens is 2. The van der Waals surface area contributed by atoms with E-state index in [4.69, 9.17) is 9.15 Å². The number of hydrogen-bond donors (Lipinski definition) is 1. The molecule has 0 radical (unpaired) electrons. The first kappa shape index (κ1) is 17.0. The van der Waals surface area contributed by atoms with Crippen LogP contribution in [0.5, 0.6) is 0 Å². The molecule has 1 N–H and O–H groups in total. The third kappa shape index (κ3) is 4.36. The molecular weight excluding hydrogens is 326 g/mol. The summed E-state index contributed by atoms with van der Waals surface area (Å²) in [7, 11) is 0. The van der Waals surface area contributed by atoms with Gasteiger partial charge in [-0.25, -0.2) is 0 Å². The van der Waals surface area contributed by atoms with Gasteiger partial charge in [-0.2, -0.15) is 0 Å². The Morgan fingerprint density at radius 1 is 1.33 bits per heavy atom. The maximum Gasteiger partial charge on any atom is 0.322 e. The van der Waals surface area contributed by atoms with Crippen molar-refractivity contribution in [1.29, 1.82) is 0 Å². The smallest absolute Gasteiger partial charge is 0.322 e. The number of anilines is 1. The molecule has 2 heterocycles. The van der Waals surface area contributed by atoms with Crippen molar-refractivity contribution < 1.29 is 13.9 Å². The van der Waals surface area contributed by atoms with Crippen LogP contribution in [0.15, 0.2) is 33.6 Å². The molecule has 128 valence electrons. The number of nitrogens with one attached hydrogen (secondary N) is 1. The van der Waals surface area contributed by atoms with Crippen molar-refractivity contribution in [3.05, 3.63) is 35.7 Å². The Bertz CT molecular complexity index is 679. The van der Waals surface area contributed by atoms with Crippen molar-refractivity contribution in [1.82, 2.24) is 10.2 Å². The largest absolute Gasteiger partial charge is 0.405 e. The second-order valence-corrected chi connectivity index (χ2v) is 7.06. The average molecular weight is 347 g/mol. The minimum atomic E-state index is -0.171. The molecule has 0 spiro atoms. The van der Waals surface area contributed by atoms with Crippen LogP contribution in [0, 0.1) is 0 Å². The lowest BCUT2D eigenvalue weighted by Gasteiger charge is -2.06. The van der Waals surface area contributed by atoms with Crippen molar-refractivity contribution >= 4 is 23.7 Å². The van der Waals surface area contributed by atoms with Gasteiger partial charge in [-0.3, -0.25) is 10.1 Å². The number of carbonyl (C=O) groups excluding carboxylic acids is 1. The summed E-state index contributed by atoms with van der Waals surface area (Å²) < 4.78 is 10.9. The second kappa shape index (κ2) is 7.81. The molecule has 1 saturated heterocycles. The molecule has 7 heteroatoms. The Kier molecular flexibility index (Phi) is 5.52. The highest BCUT2D eigenvalue weighted by atomic mass is 32.2. The van der Waals surface area contributed by atoms with E-state index in [9.17, 15) is 4.79 Å². The van der Waals surface area contributed by atoms with Gasteiger partial charge in [0.2, 0.25) is 11.8 Å². The number of carbonyl (C=O) groups is 1. The first-order valence-electron chi connectivity index (χ1n) is 8.09. The van der Waals surface area contributed by atoms with Crippen molar-refractivity contribution in [2.24, 2.45) is 0 Å². The molecule has 1 atom stereocenters. The molecule has 1 amide bonds. The number of ether oxygens (including phenoxy) is 1. The van der Waals surface area contributed by atoms with Gasteiger partial charge in [-0.05, 0) is 36.5 Å². The Labute approximate surface area is 145 Å². The molecule has 1 unspecified atom stereocenters. The summed E-state index contributed by atoms with van der Waals surface area (Å²) in [6, 6.07) is 8.39. The Morgan fingerprint density at radius 3 is 2.79 bits per heavy atom. The van der Waals surface area contributed by atoms with Gasteiger partial charge in [0.1, 0.15) is 6.10 Å². The predicted octanol–water partition coefficient (Wildman–Crippen LogP) is 3.78. The summed E-state index contributed by atoms with van der Waals surface area (Å²) in [5.41, 5.74) is 1.29. The third-order valence-corrected chi connectivity index (χ3v) is 4.82. The Balaban J connectivity index is 1.48. The minimum absolute atomic E-state index is 0.126. The van der Waals surface area contributed by atoms with Gasteiger partial charge in [0.15, 0.2) is 0 Å². The first-order chi connectivity index (χ1) is 11.6. The average Bonchev–Trinajstić information content (AvgIpc) is 3.24. The predicted molar refractivity (Wildman–Crippen MR) is 92.1 cm³/mol. The van der Waals surface area contributed by atoms with E-state index in [1.54, 1.807) is 0 Å². The van der Waals surface area contributed by atoms with Crippen molar-refractivity contribution in [3.8, 4) is 0 Å². The molecule has 1 aromatic carbocycles. The molecule has 6 nitrogen and oxygen atoms in total. The summed E-state index contributed by atoms with van der Waals surface area (Å²) in [5.74, 6) is 1.05. The van der Waals surface area contributed by atoms with Crippen LogP contribution in [0.3, 0.4) is 0 Å². The highest BCUT2D eigenvalue weighted by molar-refractivity contribution is 8.00. The van der Waals surface area contributed by atoms with Crippen molar-refractivity contribution in [3.63, 3.8) is 0 Å². The standard InChI is InChI=1S/C17H21N3O3S/c1-11(2)12-5-7-13(8-6-12)24-10-15(21)18-17-20-19-16(23-17)14-4-3-9-22-14/h5-8,11,14H,3-4,9-10H2,1-2H3,(H,18,20,21). The zero-order chi connectivity index (χ0) is 16.9. The zero-order valence-corrected chi connectivity index (χ0v) is 14.6. The van der Waals surface area contributed by atoms with Gasteiger partial charge >= 0.3 is 6.01 Å². The number of rotatable bonds is 6. The second-order valence-electron chi connectivity index (χ2n) is 6.01. The van der Waals surface area contributed by atoms with Crippen LogP contribution in [-0.2, 0) is 9.53 Å². The zero-order valence-electron chi connectivity index (χ0n) is 13.8. The topological polar surface area (TPSA) is 77.2 Å². The van der Waals surface area contributed by atoms with Gasteiger partial charge in [0.25, 0.3) is 0 Å². The Morgan fingerprint density at radius 2 is 2.12 bits per heavy atom. The van der Waals surface area contributed by atoms with E-state index in [1.807, 2.05) is 12.1 Å². The fourth-order valence-electron chi connectivity index (χ4n) is 2.44. The van der Waals surface area contributed by atoms with Crippen LogP contribution < -0.4 is 5.32 Å². The van der Waals surface area contributed by atoms with Crippen LogP contribution in [0.1, 0.15) is 50.2 Å². The molecule has 1 aromatic heterocycles. The summed E-state index contributed by atoms with van der Waals surface area (Å²) in [6.45, 7) is 5.02. The maximum absolute atomic E-state index is 12.0. The van der Waals surface area contributed by atoms with Gasteiger partial charge in [-0.15, -0.1) is 16.9 Å².